The molecule has 3 aromatic rings. The van der Waals surface area contributed by atoms with E-state index in [1.165, 1.54) is 0 Å². The molecule has 1 heterocycles. The van der Waals surface area contributed by atoms with Crippen LogP contribution in [0.15, 0.2) is 48.5 Å². The molecule has 5 heteroatoms. The van der Waals surface area contributed by atoms with Crippen molar-refractivity contribution in [2.24, 2.45) is 0 Å². The Morgan fingerprint density at radius 1 is 0.962 bits per heavy atom. The third-order valence-corrected chi connectivity index (χ3v) is 4.54. The molecule has 136 valence electrons. The van der Waals surface area contributed by atoms with E-state index in [1.807, 2.05) is 49.5 Å². The minimum Gasteiger partial charge on any atom is -0.497 e. The molecule has 0 N–H and O–H groups in total. The smallest absolute Gasteiger partial charge is 0.227 e. The van der Waals surface area contributed by atoms with Gasteiger partial charge in [0.25, 0.3) is 0 Å². The molecular formula is C21H26N4O. The topological polar surface area (TPSA) is 41.5 Å². The molecule has 0 radical (unpaired) electrons. The molecule has 3 rings (SSSR count). The molecule has 5 nitrogen and oxygen atoms in total. The fourth-order valence-corrected chi connectivity index (χ4v) is 2.90. The zero-order valence-corrected chi connectivity index (χ0v) is 15.9. The van der Waals surface area contributed by atoms with E-state index in [0.717, 1.165) is 53.5 Å². The van der Waals surface area contributed by atoms with Crippen LogP contribution in [0.2, 0.25) is 0 Å². The fourth-order valence-electron chi connectivity index (χ4n) is 2.90. The van der Waals surface area contributed by atoms with Crippen molar-refractivity contribution < 1.29 is 4.74 Å². The summed E-state index contributed by atoms with van der Waals surface area (Å²) in [6, 6.07) is 16.2. The summed E-state index contributed by atoms with van der Waals surface area (Å²) in [5.74, 6) is 2.50. The van der Waals surface area contributed by atoms with Crippen LogP contribution in [0.4, 0.5) is 17.5 Å². The van der Waals surface area contributed by atoms with Crippen LogP contribution in [0.5, 0.6) is 5.75 Å². The fraction of sp³-hybridized carbons (Fsp3) is 0.333. The summed E-state index contributed by atoms with van der Waals surface area (Å²) < 4.78 is 5.26. The number of benzene rings is 2. The van der Waals surface area contributed by atoms with Crippen molar-refractivity contribution in [2.75, 3.05) is 37.5 Å². The molecule has 0 atom stereocenters. The molecule has 0 spiro atoms. The van der Waals surface area contributed by atoms with Crippen LogP contribution >= 0.6 is 0 Å². The van der Waals surface area contributed by atoms with Crippen LogP contribution in [-0.4, -0.2) is 37.7 Å². The maximum atomic E-state index is 5.26. The molecule has 26 heavy (non-hydrogen) atoms. The lowest BCUT2D eigenvalue weighted by Crippen LogP contribution is -2.22. The number of hydrogen-bond acceptors (Lipinski definition) is 5. The van der Waals surface area contributed by atoms with Gasteiger partial charge in [-0.3, -0.25) is 0 Å². The second-order valence-electron chi connectivity index (χ2n) is 6.40. The lowest BCUT2D eigenvalue weighted by molar-refractivity contribution is 0.415. The van der Waals surface area contributed by atoms with Crippen LogP contribution in [0.25, 0.3) is 10.9 Å². The number of ether oxygens (including phenoxy) is 1. The summed E-state index contributed by atoms with van der Waals surface area (Å²) in [5, 5.41) is 1.04. The van der Waals surface area contributed by atoms with Gasteiger partial charge in [0, 0.05) is 31.7 Å². The van der Waals surface area contributed by atoms with Crippen LogP contribution in [-0.2, 0) is 0 Å². The summed E-state index contributed by atoms with van der Waals surface area (Å²) in [5.41, 5.74) is 2.01. The van der Waals surface area contributed by atoms with Crippen molar-refractivity contribution in [3.8, 4) is 5.75 Å². The number of rotatable bonds is 7. The molecule has 0 aliphatic carbocycles. The van der Waals surface area contributed by atoms with Gasteiger partial charge in [-0.2, -0.15) is 4.98 Å². The number of aromatic nitrogens is 2. The van der Waals surface area contributed by atoms with Crippen LogP contribution in [0.3, 0.4) is 0 Å². The number of methoxy groups -OCH3 is 1. The maximum absolute atomic E-state index is 5.26. The van der Waals surface area contributed by atoms with E-state index in [9.17, 15) is 0 Å². The van der Waals surface area contributed by atoms with E-state index in [2.05, 4.69) is 29.8 Å². The third kappa shape index (κ3) is 3.72. The zero-order valence-electron chi connectivity index (χ0n) is 15.9. The number of unbranched alkanes of at least 4 members (excludes halogenated alkanes) is 1. The lowest BCUT2D eigenvalue weighted by Gasteiger charge is -2.23. The van der Waals surface area contributed by atoms with Crippen molar-refractivity contribution in [2.45, 2.75) is 19.8 Å². The number of nitrogens with zero attached hydrogens (tertiary/aromatic N) is 4. The summed E-state index contributed by atoms with van der Waals surface area (Å²) in [4.78, 5) is 13.9. The summed E-state index contributed by atoms with van der Waals surface area (Å²) in [7, 11) is 5.76. The third-order valence-electron chi connectivity index (χ3n) is 4.54. The van der Waals surface area contributed by atoms with Crippen molar-refractivity contribution in [1.82, 2.24) is 9.97 Å². The highest BCUT2D eigenvalue weighted by Gasteiger charge is 2.15. The minimum absolute atomic E-state index is 0.757. The summed E-state index contributed by atoms with van der Waals surface area (Å²) >= 11 is 0. The van der Waals surface area contributed by atoms with Crippen molar-refractivity contribution in [3.05, 3.63) is 48.5 Å². The highest BCUT2D eigenvalue weighted by molar-refractivity contribution is 5.92. The quantitative estimate of drug-likeness (QED) is 0.621. The normalized spacial score (nSPS) is 10.8. The Hall–Kier alpha value is -2.82. The van der Waals surface area contributed by atoms with E-state index >= 15 is 0 Å². The molecule has 0 unspecified atom stereocenters. The molecule has 0 saturated carbocycles. The second kappa shape index (κ2) is 8.04. The van der Waals surface area contributed by atoms with Crippen molar-refractivity contribution >= 4 is 28.4 Å². The highest BCUT2D eigenvalue weighted by atomic mass is 16.5. The average molecular weight is 350 g/mol. The van der Waals surface area contributed by atoms with Gasteiger partial charge in [0.05, 0.1) is 12.6 Å². The predicted molar refractivity (Wildman–Crippen MR) is 109 cm³/mol. The van der Waals surface area contributed by atoms with E-state index in [1.54, 1.807) is 7.11 Å². The maximum Gasteiger partial charge on any atom is 0.227 e. The predicted octanol–water partition coefficient (Wildman–Crippen LogP) is 4.64. The first kappa shape index (κ1) is 18.0. The van der Waals surface area contributed by atoms with E-state index < -0.39 is 0 Å². The molecular weight excluding hydrogens is 324 g/mol. The second-order valence-corrected chi connectivity index (χ2v) is 6.40. The van der Waals surface area contributed by atoms with Gasteiger partial charge in [-0.1, -0.05) is 25.5 Å². The van der Waals surface area contributed by atoms with Gasteiger partial charge >= 0.3 is 0 Å². The minimum atomic E-state index is 0.757. The van der Waals surface area contributed by atoms with Crippen molar-refractivity contribution in [3.63, 3.8) is 0 Å². The Balaban J connectivity index is 2.04. The first-order valence-electron chi connectivity index (χ1n) is 8.99. The Labute approximate surface area is 155 Å². The zero-order chi connectivity index (χ0) is 18.5. The molecule has 0 amide bonds. The van der Waals surface area contributed by atoms with Gasteiger partial charge in [0.1, 0.15) is 11.6 Å². The highest BCUT2D eigenvalue weighted by Crippen LogP contribution is 2.31. The molecule has 0 aliphatic rings. The van der Waals surface area contributed by atoms with Gasteiger partial charge in [-0.15, -0.1) is 0 Å². The average Bonchev–Trinajstić information content (AvgIpc) is 2.70. The SMILES string of the molecule is CCCCN(C)c1nc(N(C)c2ccc(OC)cc2)c2ccccc2n1. The van der Waals surface area contributed by atoms with Gasteiger partial charge < -0.3 is 14.5 Å². The Kier molecular flexibility index (Phi) is 5.56. The van der Waals surface area contributed by atoms with E-state index in [4.69, 9.17) is 14.7 Å². The first-order valence-corrected chi connectivity index (χ1v) is 8.99. The van der Waals surface area contributed by atoms with Crippen LogP contribution in [0.1, 0.15) is 19.8 Å². The lowest BCUT2D eigenvalue weighted by atomic mass is 10.2. The van der Waals surface area contributed by atoms with E-state index in [0.29, 0.717) is 0 Å². The van der Waals surface area contributed by atoms with Gasteiger partial charge in [0.15, 0.2) is 0 Å². The Morgan fingerprint density at radius 2 is 1.69 bits per heavy atom. The molecule has 2 aromatic carbocycles. The van der Waals surface area contributed by atoms with Crippen LogP contribution in [0, 0.1) is 0 Å². The summed E-state index contributed by atoms with van der Waals surface area (Å²) in [6.07, 6.45) is 2.27. The van der Waals surface area contributed by atoms with Gasteiger partial charge in [0.2, 0.25) is 5.95 Å². The van der Waals surface area contributed by atoms with E-state index in [-0.39, 0.29) is 0 Å². The standard InChI is InChI=1S/C21H26N4O/c1-5-6-15-24(2)21-22-19-10-8-7-9-18(19)20(23-21)25(3)16-11-13-17(26-4)14-12-16/h7-14H,5-6,15H2,1-4H3. The van der Waals surface area contributed by atoms with Crippen LogP contribution < -0.4 is 14.5 Å². The molecule has 1 aromatic heterocycles. The number of fused-ring (bicyclic) bond motifs is 1. The number of anilines is 3. The number of hydrogen-bond donors (Lipinski definition) is 0. The largest absolute Gasteiger partial charge is 0.497 e. The summed E-state index contributed by atoms with van der Waals surface area (Å²) in [6.45, 7) is 3.14. The first-order chi connectivity index (χ1) is 12.6. The molecule has 0 aliphatic heterocycles. The van der Waals surface area contributed by atoms with Gasteiger partial charge in [-0.25, -0.2) is 4.98 Å². The molecule has 0 fully saturated rings. The molecule has 0 bridgehead atoms. The Bertz CT molecular complexity index is 864. The monoisotopic (exact) mass is 350 g/mol. The molecule has 0 saturated heterocycles. The van der Waals surface area contributed by atoms with Gasteiger partial charge in [-0.05, 0) is 42.8 Å². The number of para-hydroxylation sites is 1. The van der Waals surface area contributed by atoms with Crippen molar-refractivity contribution in [1.29, 1.82) is 0 Å². The Morgan fingerprint density at radius 3 is 2.38 bits per heavy atom.